The second-order valence-corrected chi connectivity index (χ2v) is 9.09. The Hall–Kier alpha value is -2.39. The topological polar surface area (TPSA) is 67.6 Å². The first-order valence-electron chi connectivity index (χ1n) is 11.7. The highest BCUT2D eigenvalue weighted by molar-refractivity contribution is 5.95. The first kappa shape index (κ1) is 23.3. The minimum Gasteiger partial charge on any atom is -0.342 e. The van der Waals surface area contributed by atoms with Crippen molar-refractivity contribution in [1.29, 1.82) is 5.26 Å². The molecule has 3 rings (SSSR count). The van der Waals surface area contributed by atoms with Gasteiger partial charge >= 0.3 is 0 Å². The molecule has 0 radical (unpaired) electrons. The predicted octanol–water partition coefficient (Wildman–Crippen LogP) is 3.66. The van der Waals surface area contributed by atoms with Gasteiger partial charge in [0.2, 0.25) is 11.8 Å². The Morgan fingerprint density at radius 1 is 1.00 bits per heavy atom. The van der Waals surface area contributed by atoms with Gasteiger partial charge in [-0.05, 0) is 75.9 Å². The molecule has 2 amide bonds. The quantitative estimate of drug-likeness (QED) is 0.699. The molecule has 0 aromatic heterocycles. The molecule has 2 fully saturated rings. The fraction of sp³-hybridized carbons (Fsp3) is 0.640. The number of aryl methyl sites for hydroxylation is 2. The van der Waals surface area contributed by atoms with E-state index in [4.69, 9.17) is 5.26 Å². The lowest BCUT2D eigenvalue weighted by molar-refractivity contribution is -0.137. The van der Waals surface area contributed by atoms with Crippen LogP contribution in [0.1, 0.15) is 56.1 Å². The Kier molecular flexibility index (Phi) is 8.48. The zero-order valence-electron chi connectivity index (χ0n) is 19.1. The number of hydrogen-bond donors (Lipinski definition) is 0. The van der Waals surface area contributed by atoms with Gasteiger partial charge in [-0.25, -0.2) is 0 Å². The van der Waals surface area contributed by atoms with Crippen molar-refractivity contribution in [2.45, 2.75) is 58.8 Å². The van der Waals surface area contributed by atoms with E-state index in [-0.39, 0.29) is 11.8 Å². The van der Waals surface area contributed by atoms with E-state index in [1.807, 2.05) is 26.0 Å². The second-order valence-electron chi connectivity index (χ2n) is 9.09. The lowest BCUT2D eigenvalue weighted by Gasteiger charge is -2.34. The van der Waals surface area contributed by atoms with Crippen molar-refractivity contribution in [2.75, 3.05) is 44.2 Å². The number of benzene rings is 1. The molecule has 1 aromatic rings. The van der Waals surface area contributed by atoms with Crippen LogP contribution in [-0.2, 0) is 9.59 Å². The molecule has 2 saturated heterocycles. The van der Waals surface area contributed by atoms with Gasteiger partial charge in [-0.3, -0.25) is 14.5 Å². The van der Waals surface area contributed by atoms with Crippen LogP contribution in [0.15, 0.2) is 18.2 Å². The third-order valence-electron chi connectivity index (χ3n) is 6.48. The highest BCUT2D eigenvalue weighted by Crippen LogP contribution is 2.23. The zero-order valence-corrected chi connectivity index (χ0v) is 19.1. The molecule has 0 unspecified atom stereocenters. The second kappa shape index (κ2) is 11.3. The van der Waals surface area contributed by atoms with Crippen LogP contribution in [0, 0.1) is 31.1 Å². The number of carbonyl (C=O) groups is 2. The summed E-state index contributed by atoms with van der Waals surface area (Å²) in [6, 6.07) is 8.26. The summed E-state index contributed by atoms with van der Waals surface area (Å²) < 4.78 is 0. The van der Waals surface area contributed by atoms with Gasteiger partial charge in [-0.1, -0.05) is 18.9 Å². The molecule has 2 aliphatic rings. The molecule has 6 nitrogen and oxygen atoms in total. The number of amides is 2. The molecule has 0 atom stereocenters. The number of hydrogen-bond acceptors (Lipinski definition) is 4. The monoisotopic (exact) mass is 424 g/mol. The third-order valence-corrected chi connectivity index (χ3v) is 6.48. The molecule has 2 aliphatic heterocycles. The fourth-order valence-electron chi connectivity index (χ4n) is 4.83. The van der Waals surface area contributed by atoms with E-state index in [9.17, 15) is 9.59 Å². The van der Waals surface area contributed by atoms with Gasteiger partial charge in [0.05, 0.1) is 19.0 Å². The summed E-state index contributed by atoms with van der Waals surface area (Å²) in [5, 5.41) is 9.05. The summed E-state index contributed by atoms with van der Waals surface area (Å²) in [6.07, 6.45) is 6.66. The van der Waals surface area contributed by atoms with Gasteiger partial charge < -0.3 is 9.80 Å². The van der Waals surface area contributed by atoms with E-state index in [1.54, 1.807) is 4.90 Å². The average Bonchev–Trinajstić information content (AvgIpc) is 3.03. The molecule has 0 aliphatic carbocycles. The maximum atomic E-state index is 13.1. The Morgan fingerprint density at radius 3 is 2.19 bits per heavy atom. The molecule has 6 heteroatoms. The SMILES string of the molecule is Cc1cc(C)cc(N(CCC#N)C(=O)CN2CCC(C(=O)N3CCCCCC3)CC2)c1. The van der Waals surface area contributed by atoms with Crippen LogP contribution >= 0.6 is 0 Å². The van der Waals surface area contributed by atoms with Crippen LogP contribution in [0.2, 0.25) is 0 Å². The van der Waals surface area contributed by atoms with Crippen molar-refractivity contribution in [3.05, 3.63) is 29.3 Å². The van der Waals surface area contributed by atoms with Crippen LogP contribution in [-0.4, -0.2) is 60.9 Å². The summed E-state index contributed by atoms with van der Waals surface area (Å²) in [7, 11) is 0. The summed E-state index contributed by atoms with van der Waals surface area (Å²) in [5.41, 5.74) is 3.08. The minimum atomic E-state index is 0.0255. The number of rotatable bonds is 6. The van der Waals surface area contributed by atoms with Gasteiger partial charge in [-0.2, -0.15) is 5.26 Å². The van der Waals surface area contributed by atoms with Crippen molar-refractivity contribution in [3.63, 3.8) is 0 Å². The van der Waals surface area contributed by atoms with Crippen molar-refractivity contribution in [3.8, 4) is 6.07 Å². The Balaban J connectivity index is 1.56. The number of likely N-dealkylation sites (tertiary alicyclic amines) is 2. The number of nitriles is 1. The van der Waals surface area contributed by atoms with Gasteiger partial charge in [-0.15, -0.1) is 0 Å². The summed E-state index contributed by atoms with van der Waals surface area (Å²) in [5.74, 6) is 0.440. The van der Waals surface area contributed by atoms with Crippen molar-refractivity contribution in [2.24, 2.45) is 5.92 Å². The van der Waals surface area contributed by atoms with Gasteiger partial charge in [0, 0.05) is 31.2 Å². The lowest BCUT2D eigenvalue weighted by atomic mass is 9.95. The maximum Gasteiger partial charge on any atom is 0.241 e. The molecule has 0 bridgehead atoms. The molecule has 0 saturated carbocycles. The fourth-order valence-corrected chi connectivity index (χ4v) is 4.83. The summed E-state index contributed by atoms with van der Waals surface area (Å²) in [6.45, 7) is 8.14. The van der Waals surface area contributed by atoms with E-state index in [2.05, 4.69) is 21.9 Å². The minimum absolute atomic E-state index is 0.0255. The molecular weight excluding hydrogens is 388 g/mol. The van der Waals surface area contributed by atoms with E-state index >= 15 is 0 Å². The Bertz CT molecular complexity index is 780. The Labute approximate surface area is 186 Å². The standard InChI is InChI=1S/C25H36N4O2/c1-20-16-21(2)18-23(17-20)29(13-7-10-26)24(30)19-27-14-8-22(9-15-27)25(31)28-11-5-3-4-6-12-28/h16-18,22H,3-9,11-15,19H2,1-2H3. The zero-order chi connectivity index (χ0) is 22.2. The van der Waals surface area contributed by atoms with E-state index < -0.39 is 0 Å². The highest BCUT2D eigenvalue weighted by Gasteiger charge is 2.30. The van der Waals surface area contributed by atoms with E-state index in [0.717, 1.165) is 68.7 Å². The largest absolute Gasteiger partial charge is 0.342 e. The summed E-state index contributed by atoms with van der Waals surface area (Å²) in [4.78, 5) is 32.0. The Morgan fingerprint density at radius 2 is 1.61 bits per heavy atom. The average molecular weight is 425 g/mol. The van der Waals surface area contributed by atoms with Crippen molar-refractivity contribution >= 4 is 17.5 Å². The van der Waals surface area contributed by atoms with Crippen molar-refractivity contribution < 1.29 is 9.59 Å². The number of carbonyl (C=O) groups excluding carboxylic acids is 2. The highest BCUT2D eigenvalue weighted by atomic mass is 16.2. The molecule has 1 aromatic carbocycles. The van der Waals surface area contributed by atoms with Gasteiger partial charge in [0.1, 0.15) is 0 Å². The maximum absolute atomic E-state index is 13.1. The van der Waals surface area contributed by atoms with Crippen LogP contribution in [0.25, 0.3) is 0 Å². The number of piperidine rings is 1. The van der Waals surface area contributed by atoms with Gasteiger partial charge in [0.25, 0.3) is 0 Å². The van der Waals surface area contributed by atoms with Crippen LogP contribution in [0.5, 0.6) is 0 Å². The van der Waals surface area contributed by atoms with Crippen LogP contribution in [0.4, 0.5) is 5.69 Å². The van der Waals surface area contributed by atoms with E-state index in [0.29, 0.717) is 25.4 Å². The molecule has 31 heavy (non-hydrogen) atoms. The predicted molar refractivity (Wildman–Crippen MR) is 123 cm³/mol. The molecule has 2 heterocycles. The van der Waals surface area contributed by atoms with E-state index in [1.165, 1.54) is 12.8 Å². The lowest BCUT2D eigenvalue weighted by Crippen LogP contribution is -2.46. The van der Waals surface area contributed by atoms with Crippen LogP contribution < -0.4 is 4.90 Å². The number of nitrogens with zero attached hydrogens (tertiary/aromatic N) is 4. The summed E-state index contributed by atoms with van der Waals surface area (Å²) >= 11 is 0. The first-order chi connectivity index (χ1) is 15.0. The smallest absolute Gasteiger partial charge is 0.241 e. The third kappa shape index (κ3) is 6.54. The van der Waals surface area contributed by atoms with Crippen LogP contribution in [0.3, 0.4) is 0 Å². The number of anilines is 1. The molecule has 168 valence electrons. The van der Waals surface area contributed by atoms with Crippen molar-refractivity contribution in [1.82, 2.24) is 9.80 Å². The normalized spacial score (nSPS) is 18.3. The molecule has 0 N–H and O–H groups in total. The van der Waals surface area contributed by atoms with Gasteiger partial charge in [0.15, 0.2) is 0 Å². The molecule has 0 spiro atoms. The molecular formula is C25H36N4O2. The first-order valence-corrected chi connectivity index (χ1v) is 11.7.